The molecule has 0 bridgehead atoms. The van der Waals surface area contributed by atoms with Crippen molar-refractivity contribution in [1.29, 1.82) is 0 Å². The first-order valence-electron chi connectivity index (χ1n) is 11.2. The van der Waals surface area contributed by atoms with E-state index in [2.05, 4.69) is 5.32 Å². The third kappa shape index (κ3) is 4.36. The van der Waals surface area contributed by atoms with Crippen LogP contribution in [0.5, 0.6) is 11.5 Å². The number of carbonyl (C=O) groups is 2. The highest BCUT2D eigenvalue weighted by Gasteiger charge is 2.51. The summed E-state index contributed by atoms with van der Waals surface area (Å²) in [5.74, 6) is 0.701. The van der Waals surface area contributed by atoms with Crippen molar-refractivity contribution in [3.05, 3.63) is 82.9 Å². The van der Waals surface area contributed by atoms with Gasteiger partial charge in [0.25, 0.3) is 5.91 Å². The number of hydrogen-bond donors (Lipinski definition) is 1. The average Bonchev–Trinajstić information content (AvgIpc) is 3.53. The van der Waals surface area contributed by atoms with Gasteiger partial charge in [-0.1, -0.05) is 24.3 Å². The molecule has 1 aliphatic carbocycles. The molecule has 180 valence electrons. The average molecular weight is 481 g/mol. The molecule has 1 saturated carbocycles. The van der Waals surface area contributed by atoms with E-state index < -0.39 is 17.2 Å². The van der Waals surface area contributed by atoms with Crippen molar-refractivity contribution >= 4 is 11.7 Å². The summed E-state index contributed by atoms with van der Waals surface area (Å²) in [6, 6.07) is 15.4. The number of ketones is 1. The molecule has 1 heterocycles. The molecule has 1 amide bonds. The molecule has 8 heteroatoms. The second-order valence-corrected chi connectivity index (χ2v) is 8.83. The predicted molar refractivity (Wildman–Crippen MR) is 122 cm³/mol. The molecule has 3 aromatic rings. The van der Waals surface area contributed by atoms with Crippen LogP contribution in [0, 0.1) is 0 Å². The Morgan fingerprint density at radius 3 is 2.43 bits per heavy atom. The van der Waals surface area contributed by atoms with Gasteiger partial charge in [0, 0.05) is 19.0 Å². The summed E-state index contributed by atoms with van der Waals surface area (Å²) in [7, 11) is 1.48. The first kappa shape index (κ1) is 23.0. The molecule has 0 spiro atoms. The van der Waals surface area contributed by atoms with Crippen LogP contribution >= 0.6 is 0 Å². The number of carbonyl (C=O) groups excluding carboxylic acids is 2. The van der Waals surface area contributed by atoms with Crippen LogP contribution in [-0.4, -0.2) is 25.5 Å². The molecule has 0 atom stereocenters. The molecule has 2 aliphatic rings. The van der Waals surface area contributed by atoms with Gasteiger partial charge in [0.2, 0.25) is 6.79 Å². The van der Waals surface area contributed by atoms with Crippen LogP contribution in [0.1, 0.15) is 39.9 Å². The summed E-state index contributed by atoms with van der Waals surface area (Å²) in [6.07, 6.45) is -3.46. The molecule has 5 rings (SSSR count). The van der Waals surface area contributed by atoms with Gasteiger partial charge in [0.05, 0.1) is 11.0 Å². The lowest BCUT2D eigenvalue weighted by atomic mass is 9.86. The van der Waals surface area contributed by atoms with Crippen LogP contribution in [0.3, 0.4) is 0 Å². The lowest BCUT2D eigenvalue weighted by Gasteiger charge is -2.17. The Bertz CT molecular complexity index is 1330. The first-order valence-corrected chi connectivity index (χ1v) is 11.2. The van der Waals surface area contributed by atoms with Crippen LogP contribution in [0.15, 0.2) is 60.7 Å². The molecular formula is C27H22F3NO4. The highest BCUT2D eigenvalue weighted by atomic mass is 19.4. The number of benzene rings is 3. The summed E-state index contributed by atoms with van der Waals surface area (Å²) in [4.78, 5) is 25.4. The quantitative estimate of drug-likeness (QED) is 0.519. The second kappa shape index (κ2) is 8.45. The summed E-state index contributed by atoms with van der Waals surface area (Å²) in [5, 5.41) is 2.51. The largest absolute Gasteiger partial charge is 0.454 e. The highest BCUT2D eigenvalue weighted by molar-refractivity contribution is 5.96. The minimum absolute atomic E-state index is 0.119. The minimum Gasteiger partial charge on any atom is -0.454 e. The Balaban J connectivity index is 1.48. The van der Waals surface area contributed by atoms with Gasteiger partial charge < -0.3 is 14.8 Å². The third-order valence-corrected chi connectivity index (χ3v) is 6.58. The Morgan fingerprint density at radius 1 is 0.943 bits per heavy atom. The van der Waals surface area contributed by atoms with Gasteiger partial charge in [0.15, 0.2) is 11.5 Å². The van der Waals surface area contributed by atoms with E-state index in [4.69, 9.17) is 9.47 Å². The number of Topliss-reactive ketones (excluding diaryl/α,β-unsaturated/α-hetero) is 1. The lowest BCUT2D eigenvalue weighted by Crippen LogP contribution is -2.22. The molecule has 1 fully saturated rings. The Morgan fingerprint density at radius 2 is 1.71 bits per heavy atom. The highest BCUT2D eigenvalue weighted by Crippen LogP contribution is 2.51. The fraction of sp³-hybridized carbons (Fsp3) is 0.259. The van der Waals surface area contributed by atoms with E-state index in [-0.39, 0.29) is 30.5 Å². The van der Waals surface area contributed by atoms with Crippen LogP contribution < -0.4 is 14.8 Å². The molecular weight excluding hydrogens is 459 g/mol. The maximum atomic E-state index is 13.7. The number of amides is 1. The minimum atomic E-state index is -4.58. The Labute approximate surface area is 199 Å². The van der Waals surface area contributed by atoms with Gasteiger partial charge in [-0.25, -0.2) is 0 Å². The van der Waals surface area contributed by atoms with Gasteiger partial charge >= 0.3 is 6.18 Å². The normalized spacial score (nSPS) is 15.5. The molecule has 1 N–H and O–H groups in total. The zero-order chi connectivity index (χ0) is 24.8. The SMILES string of the molecule is CNC(=O)c1cccc(-c2cc(CC(=O)C3(c4ccc5c(c4)OCO5)CC3)cc(C(F)(F)F)c2)c1. The van der Waals surface area contributed by atoms with E-state index in [1.807, 2.05) is 6.07 Å². The van der Waals surface area contributed by atoms with E-state index in [1.165, 1.54) is 13.1 Å². The number of rotatable bonds is 6. The van der Waals surface area contributed by atoms with Crippen molar-refractivity contribution in [2.24, 2.45) is 0 Å². The van der Waals surface area contributed by atoms with Gasteiger partial charge in [-0.15, -0.1) is 0 Å². The number of alkyl halides is 3. The van der Waals surface area contributed by atoms with E-state index in [0.717, 1.165) is 17.7 Å². The summed E-state index contributed by atoms with van der Waals surface area (Å²) < 4.78 is 51.9. The molecule has 0 radical (unpaired) electrons. The fourth-order valence-electron chi connectivity index (χ4n) is 4.51. The molecule has 3 aromatic carbocycles. The maximum Gasteiger partial charge on any atom is 0.416 e. The number of nitrogens with one attached hydrogen (secondary N) is 1. The summed E-state index contributed by atoms with van der Waals surface area (Å²) >= 11 is 0. The second-order valence-electron chi connectivity index (χ2n) is 8.83. The number of hydrogen-bond acceptors (Lipinski definition) is 4. The van der Waals surface area contributed by atoms with Gasteiger partial charge in [-0.2, -0.15) is 13.2 Å². The zero-order valence-corrected chi connectivity index (χ0v) is 18.9. The Kier molecular flexibility index (Phi) is 5.54. The fourth-order valence-corrected chi connectivity index (χ4v) is 4.51. The Hall–Kier alpha value is -3.81. The van der Waals surface area contributed by atoms with Crippen molar-refractivity contribution in [3.8, 4) is 22.6 Å². The van der Waals surface area contributed by atoms with Gasteiger partial charge in [0.1, 0.15) is 5.78 Å². The molecule has 35 heavy (non-hydrogen) atoms. The molecule has 5 nitrogen and oxygen atoms in total. The van der Waals surface area contributed by atoms with Crippen molar-refractivity contribution < 1.29 is 32.2 Å². The van der Waals surface area contributed by atoms with Crippen molar-refractivity contribution in [2.75, 3.05) is 13.8 Å². The van der Waals surface area contributed by atoms with E-state index >= 15 is 0 Å². The van der Waals surface area contributed by atoms with Crippen molar-refractivity contribution in [1.82, 2.24) is 5.32 Å². The van der Waals surface area contributed by atoms with Crippen LogP contribution in [-0.2, 0) is 22.8 Å². The number of fused-ring (bicyclic) bond motifs is 1. The van der Waals surface area contributed by atoms with Crippen LogP contribution in [0.2, 0.25) is 0 Å². The standard InChI is InChI=1S/C27H22F3NO4/c1-31-25(33)18-4-2-3-17(12-18)19-9-16(10-21(13-19)27(28,29)30)11-24(32)26(7-8-26)20-5-6-22-23(14-20)35-15-34-22/h2-6,9-10,12-14H,7-8,11,15H2,1H3,(H,31,33). The monoisotopic (exact) mass is 481 g/mol. The first-order chi connectivity index (χ1) is 16.7. The molecule has 1 aliphatic heterocycles. The van der Waals surface area contributed by atoms with Crippen LogP contribution in [0.25, 0.3) is 11.1 Å². The van der Waals surface area contributed by atoms with Gasteiger partial charge in [-0.05, 0) is 71.5 Å². The summed E-state index contributed by atoms with van der Waals surface area (Å²) in [5.41, 5.74) is 0.587. The molecule has 0 unspecified atom stereocenters. The summed E-state index contributed by atoms with van der Waals surface area (Å²) in [6.45, 7) is 0.119. The lowest BCUT2D eigenvalue weighted by molar-refractivity contribution is -0.137. The third-order valence-electron chi connectivity index (χ3n) is 6.58. The maximum absolute atomic E-state index is 13.7. The van der Waals surface area contributed by atoms with Crippen molar-refractivity contribution in [3.63, 3.8) is 0 Å². The molecule has 0 aromatic heterocycles. The van der Waals surface area contributed by atoms with E-state index in [9.17, 15) is 22.8 Å². The zero-order valence-electron chi connectivity index (χ0n) is 18.9. The smallest absolute Gasteiger partial charge is 0.416 e. The van der Waals surface area contributed by atoms with Gasteiger partial charge in [-0.3, -0.25) is 9.59 Å². The number of halogens is 3. The van der Waals surface area contributed by atoms with Crippen molar-refractivity contribution in [2.45, 2.75) is 30.9 Å². The molecule has 0 saturated heterocycles. The topological polar surface area (TPSA) is 64.6 Å². The van der Waals surface area contributed by atoms with Crippen LogP contribution in [0.4, 0.5) is 13.2 Å². The predicted octanol–water partition coefficient (Wildman–Crippen LogP) is 5.30. The van der Waals surface area contributed by atoms with E-state index in [0.29, 0.717) is 41.0 Å². The van der Waals surface area contributed by atoms with E-state index in [1.54, 1.807) is 36.4 Å². The number of ether oxygens (including phenoxy) is 2.